The van der Waals surface area contributed by atoms with E-state index in [1.807, 2.05) is 0 Å². The number of hydrogen-bond donors (Lipinski definition) is 1. The molecule has 0 radical (unpaired) electrons. The minimum atomic E-state index is -5.16. The van der Waals surface area contributed by atoms with Crippen molar-refractivity contribution in [1.29, 1.82) is 0 Å². The topological polar surface area (TPSA) is 29.1 Å². The first kappa shape index (κ1) is 15.4. The van der Waals surface area contributed by atoms with Crippen LogP contribution in [0.25, 0.3) is 0 Å². The summed E-state index contributed by atoms with van der Waals surface area (Å²) in [5.74, 6) is -2.29. The van der Waals surface area contributed by atoms with Crippen LogP contribution in [0, 0.1) is 0 Å². The summed E-state index contributed by atoms with van der Waals surface area (Å²) in [6.07, 6.45) is -9.85. The first-order chi connectivity index (χ1) is 9.09. The van der Waals surface area contributed by atoms with Crippen LogP contribution >= 0.6 is 23.5 Å². The molecule has 1 aromatic carbocycles. The largest absolute Gasteiger partial charge is 0.471 e. The lowest BCUT2D eigenvalue weighted by molar-refractivity contribution is -0.167. The number of amides is 1. The van der Waals surface area contributed by atoms with E-state index in [0.717, 1.165) is 29.6 Å². The molecule has 110 valence electrons. The molecule has 0 bridgehead atoms. The second-order valence-corrected chi connectivity index (χ2v) is 6.08. The van der Waals surface area contributed by atoms with Crippen molar-refractivity contribution in [2.24, 2.45) is 0 Å². The fourth-order valence-corrected chi connectivity index (χ4v) is 3.95. The van der Waals surface area contributed by atoms with Crippen LogP contribution < -0.4 is 5.32 Å². The van der Waals surface area contributed by atoms with Gasteiger partial charge in [0.2, 0.25) is 0 Å². The zero-order valence-electron chi connectivity index (χ0n) is 9.35. The van der Waals surface area contributed by atoms with Crippen molar-refractivity contribution < 1.29 is 31.1 Å². The molecule has 20 heavy (non-hydrogen) atoms. The van der Waals surface area contributed by atoms with E-state index in [-0.39, 0.29) is 9.79 Å². The zero-order chi connectivity index (χ0) is 15.1. The molecule has 0 fully saturated rings. The van der Waals surface area contributed by atoms with Crippen molar-refractivity contribution in [2.45, 2.75) is 22.1 Å². The molecule has 10 heteroatoms. The molecule has 0 aromatic heterocycles. The van der Waals surface area contributed by atoms with Crippen LogP contribution in [0.3, 0.4) is 0 Å². The predicted molar refractivity (Wildman–Crippen MR) is 62.7 cm³/mol. The van der Waals surface area contributed by atoms with E-state index in [1.165, 1.54) is 5.32 Å². The van der Waals surface area contributed by atoms with Crippen molar-refractivity contribution in [2.75, 3.05) is 10.4 Å². The molecule has 2 nitrogen and oxygen atoms in total. The van der Waals surface area contributed by atoms with Crippen molar-refractivity contribution >= 4 is 35.1 Å². The molecule has 0 atom stereocenters. The number of alkyl halides is 6. The van der Waals surface area contributed by atoms with E-state index in [4.69, 9.17) is 0 Å². The van der Waals surface area contributed by atoms with Gasteiger partial charge in [-0.2, -0.15) is 26.3 Å². The number of fused-ring (bicyclic) bond motifs is 1. The number of hydrogen-bond acceptors (Lipinski definition) is 3. The Bertz CT molecular complexity index is 554. The van der Waals surface area contributed by atoms with Gasteiger partial charge in [0, 0.05) is 14.9 Å². The van der Waals surface area contributed by atoms with Gasteiger partial charge in [-0.25, -0.2) is 0 Å². The quantitative estimate of drug-likeness (QED) is 0.774. The molecule has 0 spiro atoms. The number of anilines is 1. The molecule has 1 amide bonds. The average molecular weight is 333 g/mol. The van der Waals surface area contributed by atoms with Crippen LogP contribution in [0.5, 0.6) is 0 Å². The molecule has 0 saturated carbocycles. The Morgan fingerprint density at radius 3 is 2.30 bits per heavy atom. The van der Waals surface area contributed by atoms with Gasteiger partial charge in [-0.05, 0) is 12.1 Å². The SMILES string of the molecule is O=C(Nc1cc(C(F)(F)F)cc2c1SCS2)C(F)(F)F. The number of halogens is 6. The third-order valence-electron chi connectivity index (χ3n) is 2.31. The molecular weight excluding hydrogens is 328 g/mol. The molecule has 1 N–H and O–H groups in total. The lowest BCUT2D eigenvalue weighted by atomic mass is 10.2. The molecule has 1 aliphatic heterocycles. The summed E-state index contributed by atoms with van der Waals surface area (Å²) in [5, 5.41) is 1.88. The maximum absolute atomic E-state index is 12.7. The fraction of sp³-hybridized carbons (Fsp3) is 0.300. The van der Waals surface area contributed by atoms with Crippen LogP contribution in [0.15, 0.2) is 21.9 Å². The molecule has 1 heterocycles. The van der Waals surface area contributed by atoms with Crippen molar-refractivity contribution in [3.8, 4) is 0 Å². The first-order valence-corrected chi connectivity index (χ1v) is 6.95. The van der Waals surface area contributed by atoms with E-state index in [9.17, 15) is 31.1 Å². The van der Waals surface area contributed by atoms with Crippen LogP contribution in [-0.2, 0) is 11.0 Å². The summed E-state index contributed by atoms with van der Waals surface area (Å²) < 4.78 is 74.5. The maximum atomic E-state index is 12.7. The molecule has 1 aliphatic rings. The third-order valence-corrected chi connectivity index (χ3v) is 4.74. The molecule has 0 aliphatic carbocycles. The second kappa shape index (κ2) is 5.06. The number of thioether (sulfide) groups is 2. The monoisotopic (exact) mass is 333 g/mol. The third kappa shape index (κ3) is 3.17. The molecule has 0 saturated heterocycles. The standard InChI is InChI=1S/C10H5F6NOS2/c11-9(12,13)4-1-5(17-8(18)10(14,15)16)7-6(2-4)19-3-20-7/h1-2H,3H2,(H,17,18). The summed E-state index contributed by atoms with van der Waals surface area (Å²) in [6, 6.07) is 1.38. The Hall–Kier alpha value is -1.03. The minimum absolute atomic E-state index is 0.210. The lowest BCUT2D eigenvalue weighted by Crippen LogP contribution is -2.30. The van der Waals surface area contributed by atoms with Gasteiger partial charge in [-0.15, -0.1) is 23.5 Å². The smallest absolute Gasteiger partial charge is 0.317 e. The zero-order valence-corrected chi connectivity index (χ0v) is 11.0. The summed E-state index contributed by atoms with van der Waals surface area (Å²) >= 11 is 2.16. The number of benzene rings is 1. The number of rotatable bonds is 1. The number of carbonyl (C=O) groups excluding carboxylic acids is 1. The highest BCUT2D eigenvalue weighted by Crippen LogP contribution is 2.48. The van der Waals surface area contributed by atoms with Crippen LogP contribution in [0.1, 0.15) is 5.56 Å². The van der Waals surface area contributed by atoms with E-state index >= 15 is 0 Å². The van der Waals surface area contributed by atoms with Gasteiger partial charge >= 0.3 is 18.3 Å². The van der Waals surface area contributed by atoms with Gasteiger partial charge in [-0.1, -0.05) is 0 Å². The highest BCUT2D eigenvalue weighted by atomic mass is 32.2. The van der Waals surface area contributed by atoms with Gasteiger partial charge in [-0.3, -0.25) is 4.79 Å². The highest BCUT2D eigenvalue weighted by molar-refractivity contribution is 8.18. The predicted octanol–water partition coefficient (Wildman–Crippen LogP) is 4.36. The highest BCUT2D eigenvalue weighted by Gasteiger charge is 2.40. The van der Waals surface area contributed by atoms with Crippen molar-refractivity contribution in [3.63, 3.8) is 0 Å². The molecule has 0 unspecified atom stereocenters. The van der Waals surface area contributed by atoms with Gasteiger partial charge < -0.3 is 5.32 Å². The number of nitrogens with one attached hydrogen (secondary N) is 1. The van der Waals surface area contributed by atoms with Crippen LogP contribution in [0.4, 0.5) is 32.0 Å². The summed E-state index contributed by atoms with van der Waals surface area (Å²) in [7, 11) is 0. The Balaban J connectivity index is 2.42. The van der Waals surface area contributed by atoms with Crippen LogP contribution in [0.2, 0.25) is 0 Å². The normalized spacial score (nSPS) is 15.1. The van der Waals surface area contributed by atoms with Gasteiger partial charge in [0.05, 0.1) is 11.3 Å². The van der Waals surface area contributed by atoms with Gasteiger partial charge in [0.1, 0.15) is 0 Å². The van der Waals surface area contributed by atoms with E-state index in [2.05, 4.69) is 0 Å². The summed E-state index contributed by atoms with van der Waals surface area (Å²) in [6.45, 7) is 0. The van der Waals surface area contributed by atoms with E-state index in [0.29, 0.717) is 11.2 Å². The van der Waals surface area contributed by atoms with Gasteiger partial charge in [0.25, 0.3) is 0 Å². The molecular formula is C10H5F6NOS2. The van der Waals surface area contributed by atoms with Crippen molar-refractivity contribution in [1.82, 2.24) is 0 Å². The first-order valence-electron chi connectivity index (χ1n) is 4.98. The Morgan fingerprint density at radius 2 is 1.75 bits per heavy atom. The average Bonchev–Trinajstić information content (AvgIpc) is 2.74. The van der Waals surface area contributed by atoms with E-state index < -0.39 is 29.5 Å². The Morgan fingerprint density at radius 1 is 1.10 bits per heavy atom. The number of carbonyl (C=O) groups is 1. The summed E-state index contributed by atoms with van der Waals surface area (Å²) in [4.78, 5) is 11.3. The lowest BCUT2D eigenvalue weighted by Gasteiger charge is -2.14. The van der Waals surface area contributed by atoms with Crippen LogP contribution in [-0.4, -0.2) is 17.2 Å². The molecule has 1 aromatic rings. The van der Waals surface area contributed by atoms with Crippen molar-refractivity contribution in [3.05, 3.63) is 17.7 Å². The van der Waals surface area contributed by atoms with E-state index in [1.54, 1.807) is 0 Å². The minimum Gasteiger partial charge on any atom is -0.317 e. The summed E-state index contributed by atoms with van der Waals surface area (Å²) in [5.41, 5.74) is -1.56. The van der Waals surface area contributed by atoms with Gasteiger partial charge in [0.15, 0.2) is 0 Å². The second-order valence-electron chi connectivity index (χ2n) is 3.71. The fourth-order valence-electron chi connectivity index (χ4n) is 1.46. The Kier molecular flexibility index (Phi) is 3.89. The maximum Gasteiger partial charge on any atom is 0.471 e. The molecule has 2 rings (SSSR count). The Labute approximate surface area is 117 Å².